The van der Waals surface area contributed by atoms with E-state index in [2.05, 4.69) is 4.99 Å². The summed E-state index contributed by atoms with van der Waals surface area (Å²) in [6.07, 6.45) is 0.705. The van der Waals surface area contributed by atoms with Crippen LogP contribution in [-0.2, 0) is 14.3 Å². The van der Waals surface area contributed by atoms with Crippen LogP contribution in [0, 0.1) is 5.92 Å². The average Bonchev–Trinajstić information content (AvgIpc) is 2.52. The lowest BCUT2D eigenvalue weighted by Crippen LogP contribution is -2.47. The molecular formula is C18H30N2O5. The Morgan fingerprint density at radius 1 is 1.28 bits per heavy atom. The molecule has 0 spiro atoms. The van der Waals surface area contributed by atoms with Crippen molar-refractivity contribution in [2.24, 2.45) is 10.9 Å². The summed E-state index contributed by atoms with van der Waals surface area (Å²) in [6, 6.07) is -0.117. The molecule has 25 heavy (non-hydrogen) atoms. The SMILES string of the molecule is CN=C(C)/C(C(=O)OC)=C(\O)C1CCN(C(=O)OC(C)(C)C)C(C)C1. The summed E-state index contributed by atoms with van der Waals surface area (Å²) in [7, 11) is 2.82. The third-order valence-corrected chi connectivity index (χ3v) is 4.23. The van der Waals surface area contributed by atoms with Crippen LogP contribution in [0.3, 0.4) is 0 Å². The van der Waals surface area contributed by atoms with Crippen molar-refractivity contribution in [2.75, 3.05) is 20.7 Å². The van der Waals surface area contributed by atoms with Gasteiger partial charge < -0.3 is 19.5 Å². The number of hydrogen-bond acceptors (Lipinski definition) is 6. The second-order valence-corrected chi connectivity index (χ2v) is 7.30. The lowest BCUT2D eigenvalue weighted by atomic mass is 9.87. The zero-order valence-corrected chi connectivity index (χ0v) is 16.3. The van der Waals surface area contributed by atoms with Gasteiger partial charge in [-0.2, -0.15) is 0 Å². The maximum Gasteiger partial charge on any atom is 0.410 e. The minimum Gasteiger partial charge on any atom is -0.511 e. The molecule has 0 aromatic heterocycles. The highest BCUT2D eigenvalue weighted by Gasteiger charge is 2.35. The Bertz CT molecular complexity index is 575. The lowest BCUT2D eigenvalue weighted by Gasteiger charge is -2.38. The van der Waals surface area contributed by atoms with E-state index in [0.29, 0.717) is 25.1 Å². The summed E-state index contributed by atoms with van der Waals surface area (Å²) in [6.45, 7) is 9.48. The maximum atomic E-state index is 12.3. The smallest absolute Gasteiger partial charge is 0.410 e. The van der Waals surface area contributed by atoms with E-state index in [-0.39, 0.29) is 29.4 Å². The van der Waals surface area contributed by atoms with E-state index in [4.69, 9.17) is 9.47 Å². The summed E-state index contributed by atoms with van der Waals surface area (Å²) in [4.78, 5) is 29.9. The number of aliphatic hydroxyl groups excluding tert-OH is 1. The molecule has 0 aliphatic carbocycles. The Morgan fingerprint density at radius 3 is 2.32 bits per heavy atom. The van der Waals surface area contributed by atoms with Gasteiger partial charge in [0.15, 0.2) is 0 Å². The van der Waals surface area contributed by atoms with Crippen LogP contribution in [0.4, 0.5) is 4.79 Å². The van der Waals surface area contributed by atoms with Crippen molar-refractivity contribution in [2.45, 2.75) is 59.1 Å². The van der Waals surface area contributed by atoms with Crippen molar-refractivity contribution in [3.05, 3.63) is 11.3 Å². The molecule has 1 heterocycles. The number of aliphatic hydroxyl groups is 1. The summed E-state index contributed by atoms with van der Waals surface area (Å²) in [5, 5.41) is 10.6. The Labute approximate surface area is 149 Å². The number of aliphatic imine (C=N–C) groups is 1. The second-order valence-electron chi connectivity index (χ2n) is 7.30. The molecule has 0 saturated carbocycles. The van der Waals surface area contributed by atoms with Gasteiger partial charge in [-0.15, -0.1) is 0 Å². The summed E-state index contributed by atoms with van der Waals surface area (Å²) < 4.78 is 10.2. The van der Waals surface area contributed by atoms with Crippen LogP contribution >= 0.6 is 0 Å². The van der Waals surface area contributed by atoms with Crippen LogP contribution in [0.15, 0.2) is 16.3 Å². The van der Waals surface area contributed by atoms with E-state index in [1.54, 1.807) is 18.9 Å². The van der Waals surface area contributed by atoms with E-state index in [0.717, 1.165) is 0 Å². The molecular weight excluding hydrogens is 324 g/mol. The fourth-order valence-corrected chi connectivity index (χ4v) is 2.87. The molecule has 1 fully saturated rings. The van der Waals surface area contributed by atoms with Gasteiger partial charge in [-0.1, -0.05) is 0 Å². The first kappa shape index (κ1) is 21.0. The van der Waals surface area contributed by atoms with Crippen molar-refractivity contribution in [3.8, 4) is 0 Å². The van der Waals surface area contributed by atoms with Crippen molar-refractivity contribution in [3.63, 3.8) is 0 Å². The van der Waals surface area contributed by atoms with Crippen molar-refractivity contribution in [1.29, 1.82) is 0 Å². The molecule has 142 valence electrons. The summed E-state index contributed by atoms with van der Waals surface area (Å²) >= 11 is 0. The van der Waals surface area contributed by atoms with Crippen molar-refractivity contribution < 1.29 is 24.2 Å². The fraction of sp³-hybridized carbons (Fsp3) is 0.722. The first-order valence-corrected chi connectivity index (χ1v) is 8.46. The quantitative estimate of drug-likeness (QED) is 0.364. The molecule has 0 radical (unpaired) electrons. The van der Waals surface area contributed by atoms with Gasteiger partial charge in [-0.3, -0.25) is 4.99 Å². The molecule has 1 aliphatic rings. The van der Waals surface area contributed by atoms with Gasteiger partial charge >= 0.3 is 12.1 Å². The van der Waals surface area contributed by atoms with Crippen LogP contribution in [0.25, 0.3) is 0 Å². The highest BCUT2D eigenvalue weighted by Crippen LogP contribution is 2.30. The molecule has 1 aliphatic heterocycles. The number of methoxy groups -OCH3 is 1. The van der Waals surface area contributed by atoms with Crippen molar-refractivity contribution >= 4 is 17.8 Å². The average molecular weight is 354 g/mol. The van der Waals surface area contributed by atoms with E-state index < -0.39 is 11.6 Å². The minimum atomic E-state index is -0.608. The Kier molecular flexibility index (Phi) is 7.02. The number of carbonyl (C=O) groups excluding carboxylic acids is 2. The monoisotopic (exact) mass is 354 g/mol. The molecule has 1 saturated heterocycles. The number of esters is 1. The normalized spacial score (nSPS) is 23.0. The predicted molar refractivity (Wildman–Crippen MR) is 95.8 cm³/mol. The minimum absolute atomic E-state index is 0.0226. The summed E-state index contributed by atoms with van der Waals surface area (Å²) in [5.41, 5.74) is -0.0258. The molecule has 1 N–H and O–H groups in total. The van der Waals surface area contributed by atoms with Crippen LogP contribution in [-0.4, -0.2) is 60.1 Å². The number of rotatable bonds is 3. The van der Waals surface area contributed by atoms with Gasteiger partial charge in [-0.25, -0.2) is 9.59 Å². The zero-order chi connectivity index (χ0) is 19.4. The third kappa shape index (κ3) is 5.47. The largest absolute Gasteiger partial charge is 0.511 e. The van der Waals surface area contributed by atoms with Crippen LogP contribution in [0.2, 0.25) is 0 Å². The number of likely N-dealkylation sites (tertiary alicyclic amines) is 1. The van der Waals surface area contributed by atoms with Crippen molar-refractivity contribution in [1.82, 2.24) is 4.90 Å². The van der Waals surface area contributed by atoms with Crippen LogP contribution in [0.1, 0.15) is 47.5 Å². The molecule has 7 nitrogen and oxygen atoms in total. The van der Waals surface area contributed by atoms with E-state index in [1.807, 2.05) is 27.7 Å². The van der Waals surface area contributed by atoms with Crippen LogP contribution < -0.4 is 0 Å². The van der Waals surface area contributed by atoms with Crippen LogP contribution in [0.5, 0.6) is 0 Å². The number of piperidine rings is 1. The predicted octanol–water partition coefficient (Wildman–Crippen LogP) is 3.10. The van der Waals surface area contributed by atoms with E-state index in [1.165, 1.54) is 7.11 Å². The molecule has 0 aromatic carbocycles. The second kappa shape index (κ2) is 8.36. The molecule has 0 bridgehead atoms. The van der Waals surface area contributed by atoms with E-state index >= 15 is 0 Å². The number of hydrogen-bond donors (Lipinski definition) is 1. The topological polar surface area (TPSA) is 88.4 Å². The molecule has 1 amide bonds. The molecule has 2 atom stereocenters. The zero-order valence-electron chi connectivity index (χ0n) is 16.3. The third-order valence-electron chi connectivity index (χ3n) is 4.23. The van der Waals surface area contributed by atoms with Gasteiger partial charge in [0, 0.05) is 31.3 Å². The van der Waals surface area contributed by atoms with Gasteiger partial charge in [0.25, 0.3) is 0 Å². The standard InChI is InChI=1S/C18H30N2O5/c1-11-10-13(8-9-20(11)17(23)25-18(3,4)5)15(21)14(12(2)19-6)16(22)24-7/h11,13,21H,8-10H2,1-7H3/b15-14+,19-12?. The Morgan fingerprint density at radius 2 is 1.88 bits per heavy atom. The number of amides is 1. The van der Waals surface area contributed by atoms with Gasteiger partial charge in [0.1, 0.15) is 16.9 Å². The maximum absolute atomic E-state index is 12.3. The molecule has 1 rings (SSSR count). The van der Waals surface area contributed by atoms with Gasteiger partial charge in [0.05, 0.1) is 7.11 Å². The number of carbonyl (C=O) groups is 2. The summed E-state index contributed by atoms with van der Waals surface area (Å²) in [5.74, 6) is -0.868. The molecule has 2 unspecified atom stereocenters. The highest BCUT2D eigenvalue weighted by atomic mass is 16.6. The molecule has 0 aromatic rings. The number of nitrogens with zero attached hydrogens (tertiary/aromatic N) is 2. The Balaban J connectivity index is 2.96. The molecule has 7 heteroatoms. The van der Waals surface area contributed by atoms with Gasteiger partial charge in [0.2, 0.25) is 0 Å². The first-order chi connectivity index (χ1) is 11.5. The van der Waals surface area contributed by atoms with Gasteiger partial charge in [-0.05, 0) is 47.5 Å². The Hall–Kier alpha value is -2.05. The number of allylic oxidation sites excluding steroid dienone is 1. The first-order valence-electron chi connectivity index (χ1n) is 8.46. The van der Waals surface area contributed by atoms with E-state index in [9.17, 15) is 14.7 Å². The fourth-order valence-electron chi connectivity index (χ4n) is 2.87. The lowest BCUT2D eigenvalue weighted by molar-refractivity contribution is -0.135. The highest BCUT2D eigenvalue weighted by molar-refractivity contribution is 6.19. The number of ether oxygens (including phenoxy) is 2.